The number of benzene rings is 1. The first-order valence-electron chi connectivity index (χ1n) is 6.97. The summed E-state index contributed by atoms with van der Waals surface area (Å²) in [7, 11) is 0. The van der Waals surface area contributed by atoms with Gasteiger partial charge in [0, 0.05) is 23.2 Å². The number of amides is 2. The number of carbonyl (C=O) groups excluding carboxylic acids is 2. The Labute approximate surface area is 136 Å². The molecule has 3 rings (SSSR count). The SMILES string of the molecule is O=C(NCC(=O)N1CC[C@@H](O)C1)c1sc2ccccc2c1Cl. The van der Waals surface area contributed by atoms with Gasteiger partial charge in [-0.15, -0.1) is 11.3 Å². The zero-order valence-corrected chi connectivity index (χ0v) is 13.3. The molecule has 2 heterocycles. The molecule has 5 nitrogen and oxygen atoms in total. The Hall–Kier alpha value is -1.63. The molecule has 0 aliphatic carbocycles. The van der Waals surface area contributed by atoms with E-state index in [4.69, 9.17) is 11.6 Å². The van der Waals surface area contributed by atoms with Gasteiger partial charge < -0.3 is 15.3 Å². The maximum absolute atomic E-state index is 12.2. The van der Waals surface area contributed by atoms with E-state index >= 15 is 0 Å². The molecule has 2 aromatic rings. The molecule has 7 heteroatoms. The van der Waals surface area contributed by atoms with Crippen LogP contribution in [-0.4, -0.2) is 47.6 Å². The number of β-amino-alcohol motifs (C(OH)–C–C–N with tert-alkyl or cyclic N) is 1. The summed E-state index contributed by atoms with van der Waals surface area (Å²) >= 11 is 7.54. The highest BCUT2D eigenvalue weighted by Gasteiger charge is 2.25. The van der Waals surface area contributed by atoms with Crippen molar-refractivity contribution in [1.29, 1.82) is 0 Å². The van der Waals surface area contributed by atoms with Crippen molar-refractivity contribution in [3.8, 4) is 0 Å². The molecule has 0 radical (unpaired) electrons. The number of aliphatic hydroxyl groups excluding tert-OH is 1. The lowest BCUT2D eigenvalue weighted by molar-refractivity contribution is -0.129. The van der Waals surface area contributed by atoms with Crippen molar-refractivity contribution in [2.45, 2.75) is 12.5 Å². The molecule has 1 saturated heterocycles. The predicted octanol–water partition coefficient (Wildman–Crippen LogP) is 1.88. The fraction of sp³-hybridized carbons (Fsp3) is 0.333. The van der Waals surface area contributed by atoms with Gasteiger partial charge in [-0.05, 0) is 12.5 Å². The van der Waals surface area contributed by atoms with E-state index in [1.54, 1.807) is 4.90 Å². The highest BCUT2D eigenvalue weighted by Crippen LogP contribution is 2.34. The molecule has 2 amide bonds. The van der Waals surface area contributed by atoms with Crippen LogP contribution in [0.2, 0.25) is 5.02 Å². The van der Waals surface area contributed by atoms with Crippen LogP contribution in [0.5, 0.6) is 0 Å². The normalized spacial score (nSPS) is 17.9. The quantitative estimate of drug-likeness (QED) is 0.897. The van der Waals surface area contributed by atoms with Crippen LogP contribution < -0.4 is 5.32 Å². The van der Waals surface area contributed by atoms with Crippen LogP contribution in [0.15, 0.2) is 24.3 Å². The molecule has 0 bridgehead atoms. The maximum Gasteiger partial charge on any atom is 0.263 e. The molecule has 1 aliphatic rings. The Morgan fingerprint density at radius 1 is 1.41 bits per heavy atom. The summed E-state index contributed by atoms with van der Waals surface area (Å²) in [6.45, 7) is 0.772. The zero-order chi connectivity index (χ0) is 15.7. The molecule has 0 unspecified atom stereocenters. The Kier molecular flexibility index (Phi) is 4.33. The topological polar surface area (TPSA) is 69.6 Å². The lowest BCUT2D eigenvalue weighted by atomic mass is 10.2. The minimum absolute atomic E-state index is 0.0872. The van der Waals surface area contributed by atoms with Crippen LogP contribution in [0.4, 0.5) is 0 Å². The summed E-state index contributed by atoms with van der Waals surface area (Å²) in [6.07, 6.45) is 0.124. The van der Waals surface area contributed by atoms with Gasteiger partial charge in [-0.2, -0.15) is 0 Å². The molecule has 1 atom stereocenters. The fourth-order valence-corrected chi connectivity index (χ4v) is 3.91. The number of halogens is 1. The summed E-state index contributed by atoms with van der Waals surface area (Å²) < 4.78 is 0.937. The lowest BCUT2D eigenvalue weighted by Gasteiger charge is -2.15. The zero-order valence-electron chi connectivity index (χ0n) is 11.7. The van der Waals surface area contributed by atoms with E-state index < -0.39 is 6.10 Å². The van der Waals surface area contributed by atoms with Crippen LogP contribution in [0.3, 0.4) is 0 Å². The van der Waals surface area contributed by atoms with Crippen molar-refractivity contribution in [3.05, 3.63) is 34.2 Å². The number of nitrogens with one attached hydrogen (secondary N) is 1. The molecular weight excluding hydrogens is 324 g/mol. The van der Waals surface area contributed by atoms with Crippen molar-refractivity contribution in [1.82, 2.24) is 10.2 Å². The number of rotatable bonds is 3. The van der Waals surface area contributed by atoms with Crippen LogP contribution in [0, 0.1) is 0 Å². The Balaban J connectivity index is 1.66. The van der Waals surface area contributed by atoms with Crippen molar-refractivity contribution < 1.29 is 14.7 Å². The number of nitrogens with zero attached hydrogens (tertiary/aromatic N) is 1. The molecular formula is C15H15ClN2O3S. The van der Waals surface area contributed by atoms with E-state index in [0.29, 0.717) is 29.4 Å². The van der Waals surface area contributed by atoms with Crippen molar-refractivity contribution in [3.63, 3.8) is 0 Å². The molecule has 1 aromatic carbocycles. The first kappa shape index (κ1) is 15.3. The van der Waals surface area contributed by atoms with Gasteiger partial charge in [0.05, 0.1) is 17.7 Å². The second-order valence-corrected chi connectivity index (χ2v) is 6.64. The second kappa shape index (κ2) is 6.24. The van der Waals surface area contributed by atoms with Gasteiger partial charge in [-0.3, -0.25) is 9.59 Å². The largest absolute Gasteiger partial charge is 0.391 e. The summed E-state index contributed by atoms with van der Waals surface area (Å²) in [5, 5.41) is 13.3. The molecule has 0 spiro atoms. The minimum Gasteiger partial charge on any atom is -0.391 e. The van der Waals surface area contributed by atoms with E-state index in [1.807, 2.05) is 24.3 Å². The number of fused-ring (bicyclic) bond motifs is 1. The molecule has 1 aromatic heterocycles. The average Bonchev–Trinajstić information content (AvgIpc) is 3.09. The van der Waals surface area contributed by atoms with Crippen molar-refractivity contribution in [2.24, 2.45) is 0 Å². The molecule has 116 valence electrons. The second-order valence-electron chi connectivity index (χ2n) is 5.21. The molecule has 2 N–H and O–H groups in total. The van der Waals surface area contributed by atoms with E-state index in [0.717, 1.165) is 10.1 Å². The Morgan fingerprint density at radius 3 is 2.86 bits per heavy atom. The van der Waals surface area contributed by atoms with Crippen LogP contribution in [0.1, 0.15) is 16.1 Å². The van der Waals surface area contributed by atoms with Gasteiger partial charge in [-0.1, -0.05) is 29.8 Å². The van der Waals surface area contributed by atoms with Gasteiger partial charge in [0.15, 0.2) is 0 Å². The average molecular weight is 339 g/mol. The standard InChI is InChI=1S/C15H15ClN2O3S/c16-13-10-3-1-2-4-11(10)22-14(13)15(21)17-7-12(20)18-6-5-9(19)8-18/h1-4,9,19H,5-8H2,(H,17,21)/t9-/m1/s1. The maximum atomic E-state index is 12.2. The van der Waals surface area contributed by atoms with E-state index in [9.17, 15) is 14.7 Å². The van der Waals surface area contributed by atoms with Gasteiger partial charge in [0.2, 0.25) is 5.91 Å². The summed E-state index contributed by atoms with van der Waals surface area (Å²) in [5.41, 5.74) is 0. The molecule has 22 heavy (non-hydrogen) atoms. The third kappa shape index (κ3) is 2.95. The van der Waals surface area contributed by atoms with Crippen LogP contribution in [0.25, 0.3) is 10.1 Å². The molecule has 1 aliphatic heterocycles. The van der Waals surface area contributed by atoms with Crippen LogP contribution in [-0.2, 0) is 4.79 Å². The smallest absolute Gasteiger partial charge is 0.263 e. The first-order chi connectivity index (χ1) is 10.6. The van der Waals surface area contributed by atoms with Gasteiger partial charge >= 0.3 is 0 Å². The minimum atomic E-state index is -0.461. The fourth-order valence-electron chi connectivity index (χ4n) is 2.48. The van der Waals surface area contributed by atoms with E-state index in [2.05, 4.69) is 5.32 Å². The monoisotopic (exact) mass is 338 g/mol. The predicted molar refractivity (Wildman–Crippen MR) is 86.4 cm³/mol. The van der Waals surface area contributed by atoms with Gasteiger partial charge in [0.25, 0.3) is 5.91 Å². The number of aliphatic hydroxyl groups is 1. The Morgan fingerprint density at radius 2 is 2.18 bits per heavy atom. The number of thiophene rings is 1. The van der Waals surface area contributed by atoms with Crippen molar-refractivity contribution in [2.75, 3.05) is 19.6 Å². The number of carbonyl (C=O) groups is 2. The van der Waals surface area contributed by atoms with Gasteiger partial charge in [0.1, 0.15) is 4.88 Å². The third-order valence-corrected chi connectivity index (χ3v) is 5.33. The molecule has 0 saturated carbocycles. The summed E-state index contributed by atoms with van der Waals surface area (Å²) in [5.74, 6) is -0.540. The molecule has 1 fully saturated rings. The third-order valence-electron chi connectivity index (χ3n) is 3.66. The lowest BCUT2D eigenvalue weighted by Crippen LogP contribution is -2.39. The van der Waals surface area contributed by atoms with Crippen molar-refractivity contribution >= 4 is 44.8 Å². The number of likely N-dealkylation sites (tertiary alicyclic amines) is 1. The highest BCUT2D eigenvalue weighted by atomic mass is 35.5. The van der Waals surface area contributed by atoms with Gasteiger partial charge in [-0.25, -0.2) is 0 Å². The Bertz CT molecular complexity index is 731. The summed E-state index contributed by atoms with van der Waals surface area (Å²) in [6, 6.07) is 7.52. The highest BCUT2D eigenvalue weighted by molar-refractivity contribution is 7.21. The number of hydrogen-bond acceptors (Lipinski definition) is 4. The number of hydrogen-bond donors (Lipinski definition) is 2. The van der Waals surface area contributed by atoms with E-state index in [-0.39, 0.29) is 18.4 Å². The van der Waals surface area contributed by atoms with Crippen LogP contribution >= 0.6 is 22.9 Å². The summed E-state index contributed by atoms with van der Waals surface area (Å²) in [4.78, 5) is 26.1. The first-order valence-corrected chi connectivity index (χ1v) is 8.17. The van der Waals surface area contributed by atoms with E-state index in [1.165, 1.54) is 11.3 Å².